The maximum atomic E-state index is 14.1. The van der Waals surface area contributed by atoms with Gasteiger partial charge in [0.2, 0.25) is 0 Å². The van der Waals surface area contributed by atoms with Gasteiger partial charge in [0.25, 0.3) is 5.56 Å². The summed E-state index contributed by atoms with van der Waals surface area (Å²) in [6.07, 6.45) is 3.47. The molecule has 0 saturated heterocycles. The number of allylic oxidation sites excluding steroid dienone is 1. The van der Waals surface area contributed by atoms with Crippen molar-refractivity contribution in [2.45, 2.75) is 32.4 Å². The van der Waals surface area contributed by atoms with Crippen molar-refractivity contribution in [1.82, 2.24) is 4.57 Å². The van der Waals surface area contributed by atoms with Crippen molar-refractivity contribution in [3.63, 3.8) is 0 Å². The van der Waals surface area contributed by atoms with Crippen LogP contribution in [0.4, 0.5) is 4.39 Å². The zero-order chi connectivity index (χ0) is 31.1. The lowest BCUT2D eigenvalue weighted by atomic mass is 9.83. The molecule has 1 atom stereocenters. The number of fused-ring (bicyclic) bond motifs is 3. The second kappa shape index (κ2) is 12.3. The van der Waals surface area contributed by atoms with Crippen molar-refractivity contribution in [1.29, 1.82) is 0 Å². The standard InChI is InChI=1S/C36H27Cl2FN2O3S/c1-2-43-31-17-21(7-16-30(31)44-20-24-8-12-25(37)19-29(24)38)18-32-35(42)41-34(23-9-13-26(39)14-10-23)28-15-11-22-5-3-4-6-27(22)33(28)40-36(41)45-32/h3-10,12-14,16-19,34H,2,11,15,20H2,1H3/b32-18+/t34-/m0/s1. The van der Waals surface area contributed by atoms with Gasteiger partial charge in [-0.15, -0.1) is 0 Å². The highest BCUT2D eigenvalue weighted by Gasteiger charge is 2.32. The molecule has 1 aliphatic carbocycles. The van der Waals surface area contributed by atoms with E-state index >= 15 is 0 Å². The van der Waals surface area contributed by atoms with Crippen LogP contribution in [0.2, 0.25) is 10.0 Å². The van der Waals surface area contributed by atoms with E-state index in [1.165, 1.54) is 29.0 Å². The van der Waals surface area contributed by atoms with E-state index in [0.29, 0.717) is 37.5 Å². The summed E-state index contributed by atoms with van der Waals surface area (Å²) in [6.45, 7) is 2.58. The first kappa shape index (κ1) is 29.5. The van der Waals surface area contributed by atoms with Gasteiger partial charge in [-0.05, 0) is 84.5 Å². The minimum atomic E-state index is -0.373. The SMILES string of the molecule is CCOc1cc(/C=c2/sc3n(c2=O)[C@@H](c2ccc(F)cc2)C2=C(N=3)c3ccccc3CC2)ccc1OCc1ccc(Cl)cc1Cl. The minimum absolute atomic E-state index is 0.144. The van der Waals surface area contributed by atoms with Gasteiger partial charge in [0, 0.05) is 21.2 Å². The van der Waals surface area contributed by atoms with E-state index < -0.39 is 0 Å². The first-order chi connectivity index (χ1) is 21.9. The van der Waals surface area contributed by atoms with Crippen LogP contribution in [0.3, 0.4) is 0 Å². The van der Waals surface area contributed by atoms with Crippen LogP contribution in [0, 0.1) is 5.82 Å². The molecule has 0 unspecified atom stereocenters. The van der Waals surface area contributed by atoms with Gasteiger partial charge in [0.15, 0.2) is 16.3 Å². The van der Waals surface area contributed by atoms with E-state index in [1.54, 1.807) is 28.8 Å². The number of ether oxygens (including phenoxy) is 2. The highest BCUT2D eigenvalue weighted by molar-refractivity contribution is 7.07. The van der Waals surface area contributed by atoms with Crippen LogP contribution in [0.5, 0.6) is 11.5 Å². The largest absolute Gasteiger partial charge is 0.490 e. The number of hydrogen-bond donors (Lipinski definition) is 0. The predicted molar refractivity (Wildman–Crippen MR) is 178 cm³/mol. The molecule has 0 N–H and O–H groups in total. The fourth-order valence-electron chi connectivity index (χ4n) is 5.92. The molecular weight excluding hydrogens is 630 g/mol. The van der Waals surface area contributed by atoms with Gasteiger partial charge >= 0.3 is 0 Å². The number of nitrogens with zero attached hydrogens (tertiary/aromatic N) is 2. The summed E-state index contributed by atoms with van der Waals surface area (Å²) >= 11 is 13.7. The molecule has 4 aromatic carbocycles. The molecule has 0 amide bonds. The van der Waals surface area contributed by atoms with Gasteiger partial charge in [-0.3, -0.25) is 9.36 Å². The van der Waals surface area contributed by atoms with Crippen molar-refractivity contribution >= 4 is 46.3 Å². The van der Waals surface area contributed by atoms with Crippen LogP contribution in [-0.4, -0.2) is 11.2 Å². The molecule has 1 aromatic heterocycles. The number of benzene rings is 4. The lowest BCUT2D eigenvalue weighted by Crippen LogP contribution is -2.38. The normalized spacial score (nSPS) is 15.6. The summed E-state index contributed by atoms with van der Waals surface area (Å²) < 4.78 is 28.2. The smallest absolute Gasteiger partial charge is 0.271 e. The lowest BCUT2D eigenvalue weighted by Gasteiger charge is -2.30. The van der Waals surface area contributed by atoms with Gasteiger partial charge in [-0.2, -0.15) is 0 Å². The van der Waals surface area contributed by atoms with Gasteiger partial charge in [0.1, 0.15) is 12.4 Å². The number of aromatic nitrogens is 1. The molecule has 226 valence electrons. The van der Waals surface area contributed by atoms with Gasteiger partial charge in [0.05, 0.1) is 22.9 Å². The number of aryl methyl sites for hydroxylation is 1. The Labute approximate surface area is 273 Å². The van der Waals surface area contributed by atoms with Crippen molar-refractivity contribution in [2.75, 3.05) is 6.61 Å². The van der Waals surface area contributed by atoms with Crippen LogP contribution in [0.25, 0.3) is 11.8 Å². The maximum Gasteiger partial charge on any atom is 0.271 e. The second-order valence-electron chi connectivity index (χ2n) is 10.8. The van der Waals surface area contributed by atoms with E-state index in [2.05, 4.69) is 12.1 Å². The third kappa shape index (κ3) is 5.72. The molecule has 7 rings (SSSR count). The Morgan fingerprint density at radius 2 is 1.80 bits per heavy atom. The van der Waals surface area contributed by atoms with E-state index in [1.807, 2.05) is 49.4 Å². The molecule has 2 heterocycles. The molecule has 0 spiro atoms. The van der Waals surface area contributed by atoms with Crippen LogP contribution in [0.1, 0.15) is 47.2 Å². The van der Waals surface area contributed by atoms with E-state index in [9.17, 15) is 9.18 Å². The van der Waals surface area contributed by atoms with Gasteiger partial charge < -0.3 is 9.47 Å². The van der Waals surface area contributed by atoms with Crippen molar-refractivity contribution in [3.8, 4) is 11.5 Å². The summed E-state index contributed by atoms with van der Waals surface area (Å²) in [5.74, 6) is 0.799. The van der Waals surface area contributed by atoms with Crippen molar-refractivity contribution in [3.05, 3.63) is 154 Å². The Bertz CT molecular complexity index is 2150. The monoisotopic (exact) mass is 656 g/mol. The fourth-order valence-corrected chi connectivity index (χ4v) is 7.38. The molecule has 1 aliphatic heterocycles. The highest BCUT2D eigenvalue weighted by Crippen LogP contribution is 2.41. The van der Waals surface area contributed by atoms with Crippen LogP contribution >= 0.6 is 34.5 Å². The zero-order valence-electron chi connectivity index (χ0n) is 24.2. The second-order valence-corrected chi connectivity index (χ2v) is 12.7. The van der Waals surface area contributed by atoms with Crippen molar-refractivity contribution in [2.24, 2.45) is 4.99 Å². The number of halogens is 3. The Morgan fingerprint density at radius 3 is 2.60 bits per heavy atom. The Morgan fingerprint density at radius 1 is 0.978 bits per heavy atom. The lowest BCUT2D eigenvalue weighted by molar-refractivity contribution is 0.269. The third-order valence-corrected chi connectivity index (χ3v) is 9.59. The van der Waals surface area contributed by atoms with Crippen LogP contribution in [0.15, 0.2) is 100 Å². The molecule has 0 radical (unpaired) electrons. The number of rotatable bonds is 7. The first-order valence-corrected chi connectivity index (χ1v) is 16.2. The molecular formula is C36H27Cl2FN2O3S. The summed E-state index contributed by atoms with van der Waals surface area (Å²) in [7, 11) is 0. The molecule has 2 aliphatic rings. The average molecular weight is 658 g/mol. The number of hydrogen-bond acceptors (Lipinski definition) is 5. The predicted octanol–water partition coefficient (Wildman–Crippen LogP) is 7.74. The molecule has 5 aromatic rings. The van der Waals surface area contributed by atoms with Crippen molar-refractivity contribution < 1.29 is 13.9 Å². The van der Waals surface area contributed by atoms with Gasteiger partial charge in [-0.1, -0.05) is 83.1 Å². The number of thiazole rings is 1. The fraction of sp³-hybridized carbons (Fsp3) is 0.167. The Hall–Kier alpha value is -4.17. The first-order valence-electron chi connectivity index (χ1n) is 14.6. The topological polar surface area (TPSA) is 52.8 Å². The van der Waals surface area contributed by atoms with Gasteiger partial charge in [-0.25, -0.2) is 9.38 Å². The molecule has 0 saturated carbocycles. The summed E-state index contributed by atoms with van der Waals surface area (Å²) in [5.41, 5.74) is 6.59. The minimum Gasteiger partial charge on any atom is -0.490 e. The molecule has 0 fully saturated rings. The van der Waals surface area contributed by atoms with Crippen LogP contribution < -0.4 is 24.4 Å². The van der Waals surface area contributed by atoms with E-state index in [4.69, 9.17) is 37.7 Å². The summed E-state index contributed by atoms with van der Waals surface area (Å²) in [6, 6.07) is 25.2. The summed E-state index contributed by atoms with van der Waals surface area (Å²) in [4.78, 5) is 19.8. The van der Waals surface area contributed by atoms with E-state index in [0.717, 1.165) is 46.4 Å². The molecule has 45 heavy (non-hydrogen) atoms. The Kier molecular flexibility index (Phi) is 8.08. The highest BCUT2D eigenvalue weighted by atomic mass is 35.5. The third-order valence-electron chi connectivity index (χ3n) is 8.02. The van der Waals surface area contributed by atoms with E-state index in [-0.39, 0.29) is 24.0 Å². The molecule has 0 bridgehead atoms. The maximum absolute atomic E-state index is 14.1. The Balaban J connectivity index is 1.30. The molecule has 5 nitrogen and oxygen atoms in total. The quantitative estimate of drug-likeness (QED) is 0.180. The van der Waals surface area contributed by atoms with Crippen LogP contribution in [-0.2, 0) is 13.0 Å². The zero-order valence-corrected chi connectivity index (χ0v) is 26.6. The summed E-state index contributed by atoms with van der Waals surface area (Å²) in [5, 5.41) is 1.08. The molecule has 9 heteroatoms. The average Bonchev–Trinajstić information content (AvgIpc) is 3.35.